The zero-order chi connectivity index (χ0) is 10.4. The Labute approximate surface area is 88.4 Å². The Morgan fingerprint density at radius 3 is 3.00 bits per heavy atom. The first-order valence-corrected chi connectivity index (χ1v) is 5.82. The first-order chi connectivity index (χ1) is 6.79. The van der Waals surface area contributed by atoms with Crippen molar-refractivity contribution in [3.05, 3.63) is 12.7 Å². The Hall–Kier alpha value is -0.340. The van der Waals surface area contributed by atoms with Crippen molar-refractivity contribution in [1.82, 2.24) is 10.2 Å². The molecule has 0 saturated carbocycles. The second kappa shape index (κ2) is 6.20. The van der Waals surface area contributed by atoms with Crippen molar-refractivity contribution in [1.29, 1.82) is 0 Å². The van der Waals surface area contributed by atoms with E-state index in [1.54, 1.807) is 0 Å². The zero-order valence-electron chi connectivity index (χ0n) is 9.63. The molecule has 0 spiro atoms. The van der Waals surface area contributed by atoms with E-state index in [4.69, 9.17) is 0 Å². The van der Waals surface area contributed by atoms with E-state index in [0.29, 0.717) is 6.04 Å². The average molecular weight is 196 g/mol. The lowest BCUT2D eigenvalue weighted by Crippen LogP contribution is -2.45. The smallest absolute Gasteiger partial charge is 0.0250 e. The molecule has 14 heavy (non-hydrogen) atoms. The maximum Gasteiger partial charge on any atom is 0.0250 e. The molecule has 0 aromatic heterocycles. The van der Waals surface area contributed by atoms with Crippen molar-refractivity contribution >= 4 is 0 Å². The van der Waals surface area contributed by atoms with Crippen molar-refractivity contribution in [3.63, 3.8) is 0 Å². The van der Waals surface area contributed by atoms with E-state index >= 15 is 0 Å². The van der Waals surface area contributed by atoms with Crippen LogP contribution in [0.25, 0.3) is 0 Å². The van der Waals surface area contributed by atoms with Crippen LogP contribution in [0, 0.1) is 0 Å². The minimum atomic E-state index is 0.539. The summed E-state index contributed by atoms with van der Waals surface area (Å²) in [5.41, 5.74) is 0. The van der Waals surface area contributed by atoms with Gasteiger partial charge >= 0.3 is 0 Å². The van der Waals surface area contributed by atoms with E-state index in [2.05, 4.69) is 29.8 Å². The zero-order valence-corrected chi connectivity index (χ0v) is 9.63. The van der Waals surface area contributed by atoms with Crippen LogP contribution in [0.1, 0.15) is 32.6 Å². The summed E-state index contributed by atoms with van der Waals surface area (Å²) in [4.78, 5) is 2.60. The van der Waals surface area contributed by atoms with Gasteiger partial charge in [-0.05, 0) is 46.3 Å². The van der Waals surface area contributed by atoms with Crippen LogP contribution in [0.2, 0.25) is 0 Å². The second-order valence-corrected chi connectivity index (χ2v) is 4.26. The van der Waals surface area contributed by atoms with E-state index in [1.807, 2.05) is 7.05 Å². The number of hydrogen-bond acceptors (Lipinski definition) is 2. The molecule has 1 heterocycles. The summed E-state index contributed by atoms with van der Waals surface area (Å²) >= 11 is 0. The highest BCUT2D eigenvalue weighted by molar-refractivity contribution is 4.89. The summed E-state index contributed by atoms with van der Waals surface area (Å²) in [6.07, 6.45) is 7.45. The minimum absolute atomic E-state index is 0.539. The standard InChI is InChI=1S/C12H24N2/c1-4-11(2)14-10-6-5-7-12(14)8-9-13-3/h4,11-13H,1,5-10H2,2-3H3. The van der Waals surface area contributed by atoms with Gasteiger partial charge in [-0.2, -0.15) is 0 Å². The van der Waals surface area contributed by atoms with Gasteiger partial charge in [-0.1, -0.05) is 12.5 Å². The molecule has 1 aliphatic heterocycles. The molecule has 0 aromatic rings. The Bertz CT molecular complexity index is 168. The summed E-state index contributed by atoms with van der Waals surface area (Å²) in [5.74, 6) is 0. The first-order valence-electron chi connectivity index (χ1n) is 5.82. The average Bonchev–Trinajstić information content (AvgIpc) is 2.25. The fourth-order valence-electron chi connectivity index (χ4n) is 2.32. The molecule has 1 fully saturated rings. The molecule has 2 atom stereocenters. The molecule has 0 radical (unpaired) electrons. The Balaban J connectivity index is 2.45. The number of hydrogen-bond donors (Lipinski definition) is 1. The number of nitrogens with zero attached hydrogens (tertiary/aromatic N) is 1. The SMILES string of the molecule is C=CC(C)N1CCCCC1CCNC. The number of piperidine rings is 1. The van der Waals surface area contributed by atoms with Crippen LogP contribution in [0.4, 0.5) is 0 Å². The van der Waals surface area contributed by atoms with E-state index in [9.17, 15) is 0 Å². The van der Waals surface area contributed by atoms with Crippen molar-refractivity contribution in [2.75, 3.05) is 20.1 Å². The van der Waals surface area contributed by atoms with Crippen LogP contribution >= 0.6 is 0 Å². The fraction of sp³-hybridized carbons (Fsp3) is 0.833. The second-order valence-electron chi connectivity index (χ2n) is 4.26. The minimum Gasteiger partial charge on any atom is -0.320 e. The lowest BCUT2D eigenvalue weighted by atomic mass is 9.97. The maximum atomic E-state index is 3.89. The highest BCUT2D eigenvalue weighted by Crippen LogP contribution is 2.21. The molecule has 1 aliphatic rings. The van der Waals surface area contributed by atoms with Crippen molar-refractivity contribution in [3.8, 4) is 0 Å². The van der Waals surface area contributed by atoms with Crippen LogP contribution in [-0.4, -0.2) is 37.1 Å². The first kappa shape index (κ1) is 11.7. The van der Waals surface area contributed by atoms with Crippen LogP contribution < -0.4 is 5.32 Å². The van der Waals surface area contributed by atoms with Gasteiger partial charge in [0, 0.05) is 12.1 Å². The third-order valence-corrected chi connectivity index (χ3v) is 3.26. The van der Waals surface area contributed by atoms with E-state index < -0.39 is 0 Å². The Morgan fingerprint density at radius 2 is 2.36 bits per heavy atom. The molecular formula is C12H24N2. The normalized spacial score (nSPS) is 26.0. The molecule has 1 rings (SSSR count). The molecule has 0 aliphatic carbocycles. The van der Waals surface area contributed by atoms with Crippen molar-refractivity contribution < 1.29 is 0 Å². The van der Waals surface area contributed by atoms with Gasteiger partial charge in [-0.15, -0.1) is 6.58 Å². The summed E-state index contributed by atoms with van der Waals surface area (Å²) in [5, 5.41) is 3.24. The lowest BCUT2D eigenvalue weighted by molar-refractivity contribution is 0.118. The molecule has 2 heteroatoms. The van der Waals surface area contributed by atoms with E-state index in [1.165, 1.54) is 32.2 Å². The third-order valence-electron chi connectivity index (χ3n) is 3.26. The monoisotopic (exact) mass is 196 g/mol. The van der Waals surface area contributed by atoms with E-state index in [0.717, 1.165) is 12.6 Å². The van der Waals surface area contributed by atoms with Gasteiger partial charge < -0.3 is 5.32 Å². The van der Waals surface area contributed by atoms with Crippen molar-refractivity contribution in [2.24, 2.45) is 0 Å². The fourth-order valence-corrected chi connectivity index (χ4v) is 2.32. The number of rotatable bonds is 5. The predicted octanol–water partition coefficient (Wildman–Crippen LogP) is 2.02. The van der Waals surface area contributed by atoms with Crippen molar-refractivity contribution in [2.45, 2.75) is 44.7 Å². The van der Waals surface area contributed by atoms with Gasteiger partial charge in [0.1, 0.15) is 0 Å². The third kappa shape index (κ3) is 3.10. The highest BCUT2D eigenvalue weighted by atomic mass is 15.2. The van der Waals surface area contributed by atoms with E-state index in [-0.39, 0.29) is 0 Å². The molecule has 0 aromatic carbocycles. The summed E-state index contributed by atoms with van der Waals surface area (Å²) in [7, 11) is 2.03. The molecule has 0 bridgehead atoms. The van der Waals surface area contributed by atoms with Gasteiger partial charge in [-0.3, -0.25) is 4.90 Å². The van der Waals surface area contributed by atoms with Crippen LogP contribution in [0.3, 0.4) is 0 Å². The molecule has 1 N–H and O–H groups in total. The lowest BCUT2D eigenvalue weighted by Gasteiger charge is -2.39. The molecule has 0 amide bonds. The molecule has 1 saturated heterocycles. The molecular weight excluding hydrogens is 172 g/mol. The topological polar surface area (TPSA) is 15.3 Å². The maximum absolute atomic E-state index is 3.89. The van der Waals surface area contributed by atoms with Crippen LogP contribution in [-0.2, 0) is 0 Å². The van der Waals surface area contributed by atoms with Gasteiger partial charge in [0.15, 0.2) is 0 Å². The quantitative estimate of drug-likeness (QED) is 0.677. The van der Waals surface area contributed by atoms with Crippen LogP contribution in [0.5, 0.6) is 0 Å². The van der Waals surface area contributed by atoms with Gasteiger partial charge in [0.25, 0.3) is 0 Å². The Kier molecular flexibility index (Phi) is 5.20. The molecule has 82 valence electrons. The predicted molar refractivity (Wildman–Crippen MR) is 62.5 cm³/mol. The molecule has 2 nitrogen and oxygen atoms in total. The Morgan fingerprint density at radius 1 is 1.57 bits per heavy atom. The van der Waals surface area contributed by atoms with Crippen LogP contribution in [0.15, 0.2) is 12.7 Å². The van der Waals surface area contributed by atoms with Gasteiger partial charge in [-0.25, -0.2) is 0 Å². The summed E-state index contributed by atoms with van der Waals surface area (Å²) in [6, 6.07) is 1.31. The van der Waals surface area contributed by atoms with Gasteiger partial charge in [0.05, 0.1) is 0 Å². The summed E-state index contributed by atoms with van der Waals surface area (Å²) < 4.78 is 0. The largest absolute Gasteiger partial charge is 0.320 e. The van der Waals surface area contributed by atoms with Gasteiger partial charge in [0.2, 0.25) is 0 Å². The highest BCUT2D eigenvalue weighted by Gasteiger charge is 2.24. The number of likely N-dealkylation sites (tertiary alicyclic amines) is 1. The number of nitrogens with one attached hydrogen (secondary N) is 1. The molecule has 2 unspecified atom stereocenters. The summed E-state index contributed by atoms with van der Waals surface area (Å²) in [6.45, 7) is 8.53.